The molecule has 0 saturated carbocycles. The summed E-state index contributed by atoms with van der Waals surface area (Å²) < 4.78 is 0. The van der Waals surface area contributed by atoms with Crippen molar-refractivity contribution < 1.29 is 14.4 Å². The van der Waals surface area contributed by atoms with Gasteiger partial charge >= 0.3 is 6.03 Å². The Balaban J connectivity index is 1.29. The Labute approximate surface area is 205 Å². The lowest BCUT2D eigenvalue weighted by Gasteiger charge is -2.35. The van der Waals surface area contributed by atoms with Crippen LogP contribution in [0.15, 0.2) is 54.6 Å². The lowest BCUT2D eigenvalue weighted by molar-refractivity contribution is -0.140. The highest BCUT2D eigenvalue weighted by atomic mass is 35.5. The number of rotatable bonds is 4. The first-order chi connectivity index (χ1) is 16.5. The van der Waals surface area contributed by atoms with Crippen LogP contribution in [0.25, 0.3) is 0 Å². The van der Waals surface area contributed by atoms with Crippen molar-refractivity contribution in [3.8, 4) is 0 Å². The van der Waals surface area contributed by atoms with Crippen molar-refractivity contribution >= 4 is 35.1 Å². The number of anilines is 1. The van der Waals surface area contributed by atoms with Crippen molar-refractivity contribution in [2.75, 3.05) is 44.6 Å². The number of nitrogens with zero attached hydrogens (tertiary/aromatic N) is 3. The average molecular weight is 483 g/mol. The van der Waals surface area contributed by atoms with Crippen molar-refractivity contribution in [2.24, 2.45) is 5.92 Å². The van der Waals surface area contributed by atoms with Crippen LogP contribution in [-0.4, -0.2) is 71.8 Å². The van der Waals surface area contributed by atoms with E-state index in [0.29, 0.717) is 56.4 Å². The number of hydrogen-bond donors (Lipinski definition) is 1. The molecule has 0 bridgehead atoms. The van der Waals surface area contributed by atoms with E-state index in [1.807, 2.05) is 40.1 Å². The first-order valence-corrected chi connectivity index (χ1v) is 12.3. The van der Waals surface area contributed by atoms with Gasteiger partial charge in [-0.25, -0.2) is 4.79 Å². The van der Waals surface area contributed by atoms with Crippen molar-refractivity contribution in [1.82, 2.24) is 14.7 Å². The maximum absolute atomic E-state index is 13.3. The number of hydrogen-bond acceptors (Lipinski definition) is 3. The van der Waals surface area contributed by atoms with Crippen LogP contribution in [-0.2, 0) is 16.0 Å². The molecule has 1 N–H and O–H groups in total. The van der Waals surface area contributed by atoms with E-state index in [4.69, 9.17) is 11.6 Å². The maximum Gasteiger partial charge on any atom is 0.321 e. The van der Waals surface area contributed by atoms with E-state index in [2.05, 4.69) is 5.32 Å². The van der Waals surface area contributed by atoms with Gasteiger partial charge in [-0.15, -0.1) is 0 Å². The van der Waals surface area contributed by atoms with Crippen LogP contribution < -0.4 is 5.32 Å². The molecule has 2 aliphatic heterocycles. The zero-order valence-corrected chi connectivity index (χ0v) is 20.0. The number of nitrogens with one attached hydrogen (secondary N) is 1. The molecule has 2 saturated heterocycles. The van der Waals surface area contributed by atoms with E-state index in [-0.39, 0.29) is 23.8 Å². The Morgan fingerprint density at radius 3 is 2.38 bits per heavy atom. The highest BCUT2D eigenvalue weighted by Gasteiger charge is 2.32. The van der Waals surface area contributed by atoms with Gasteiger partial charge in [0.1, 0.15) is 0 Å². The first-order valence-electron chi connectivity index (χ1n) is 11.9. The number of amides is 4. The van der Waals surface area contributed by atoms with Gasteiger partial charge in [-0.2, -0.15) is 0 Å². The molecule has 4 rings (SSSR count). The molecule has 2 aromatic rings. The van der Waals surface area contributed by atoms with Crippen LogP contribution in [0.5, 0.6) is 0 Å². The summed E-state index contributed by atoms with van der Waals surface area (Å²) >= 11 is 6.00. The van der Waals surface area contributed by atoms with Crippen LogP contribution in [0.2, 0.25) is 5.02 Å². The van der Waals surface area contributed by atoms with E-state index < -0.39 is 0 Å². The predicted octanol–water partition coefficient (Wildman–Crippen LogP) is 3.89. The molecule has 7 nitrogen and oxygen atoms in total. The topological polar surface area (TPSA) is 73.0 Å². The molecule has 0 spiro atoms. The van der Waals surface area contributed by atoms with Gasteiger partial charge in [-0.3, -0.25) is 9.59 Å². The normalized spacial score (nSPS) is 18.9. The zero-order chi connectivity index (χ0) is 23.9. The fourth-order valence-electron chi connectivity index (χ4n) is 4.66. The van der Waals surface area contributed by atoms with Gasteiger partial charge in [0.05, 0.1) is 12.3 Å². The van der Waals surface area contributed by atoms with Gasteiger partial charge in [0.15, 0.2) is 0 Å². The molecule has 2 aliphatic rings. The Morgan fingerprint density at radius 1 is 0.853 bits per heavy atom. The van der Waals surface area contributed by atoms with E-state index in [1.165, 1.54) is 0 Å². The molecule has 8 heteroatoms. The fraction of sp³-hybridized carbons (Fsp3) is 0.423. The smallest absolute Gasteiger partial charge is 0.321 e. The summed E-state index contributed by atoms with van der Waals surface area (Å²) in [6.07, 6.45) is 2.71. The second kappa shape index (κ2) is 11.4. The molecule has 2 aromatic carbocycles. The highest BCUT2D eigenvalue weighted by Crippen LogP contribution is 2.21. The minimum absolute atomic E-state index is 0.0726. The number of urea groups is 1. The van der Waals surface area contributed by atoms with Gasteiger partial charge in [-0.05, 0) is 43.0 Å². The summed E-state index contributed by atoms with van der Waals surface area (Å²) in [6, 6.07) is 16.6. The van der Waals surface area contributed by atoms with E-state index >= 15 is 0 Å². The molecule has 2 fully saturated rings. The van der Waals surface area contributed by atoms with Crippen LogP contribution in [0.4, 0.5) is 10.5 Å². The van der Waals surface area contributed by atoms with Crippen molar-refractivity contribution in [3.63, 3.8) is 0 Å². The van der Waals surface area contributed by atoms with Gasteiger partial charge in [-0.1, -0.05) is 48.0 Å². The van der Waals surface area contributed by atoms with Gasteiger partial charge in [0.2, 0.25) is 11.8 Å². The van der Waals surface area contributed by atoms with Gasteiger partial charge in [0, 0.05) is 50.0 Å². The quantitative estimate of drug-likeness (QED) is 0.718. The number of carbonyl (C=O) groups excluding carboxylic acids is 3. The first kappa shape index (κ1) is 24.1. The van der Waals surface area contributed by atoms with E-state index in [0.717, 1.165) is 24.8 Å². The molecular formula is C26H31ClN4O3. The number of piperidine rings is 1. The van der Waals surface area contributed by atoms with Gasteiger partial charge < -0.3 is 20.0 Å². The fourth-order valence-corrected chi connectivity index (χ4v) is 4.85. The second-order valence-electron chi connectivity index (χ2n) is 8.95. The molecule has 0 aliphatic carbocycles. The van der Waals surface area contributed by atoms with E-state index in [1.54, 1.807) is 29.2 Å². The molecule has 0 radical (unpaired) electrons. The van der Waals surface area contributed by atoms with Crippen LogP contribution >= 0.6 is 11.6 Å². The molecule has 34 heavy (non-hydrogen) atoms. The Morgan fingerprint density at radius 2 is 1.59 bits per heavy atom. The molecule has 4 amide bonds. The third kappa shape index (κ3) is 6.29. The molecular weight excluding hydrogens is 452 g/mol. The molecule has 0 aromatic heterocycles. The number of benzene rings is 2. The third-order valence-electron chi connectivity index (χ3n) is 6.49. The monoisotopic (exact) mass is 482 g/mol. The third-order valence-corrected chi connectivity index (χ3v) is 6.73. The lowest BCUT2D eigenvalue weighted by atomic mass is 9.95. The van der Waals surface area contributed by atoms with Crippen molar-refractivity contribution in [3.05, 3.63) is 65.2 Å². The van der Waals surface area contributed by atoms with E-state index in [9.17, 15) is 14.4 Å². The summed E-state index contributed by atoms with van der Waals surface area (Å²) in [6.45, 7) is 3.35. The molecule has 1 atom stereocenters. The van der Waals surface area contributed by atoms with Crippen LogP contribution in [0, 0.1) is 5.92 Å². The predicted molar refractivity (Wildman–Crippen MR) is 133 cm³/mol. The number of carbonyl (C=O) groups is 3. The van der Waals surface area contributed by atoms with Crippen molar-refractivity contribution in [2.45, 2.75) is 25.7 Å². The summed E-state index contributed by atoms with van der Waals surface area (Å²) in [4.78, 5) is 44.2. The SMILES string of the molecule is O=C(Cc1ccccc1)N1CCCC(C(=O)N2CCCN(C(=O)Nc3cccc(Cl)c3)CC2)C1. The molecule has 1 unspecified atom stereocenters. The van der Waals surface area contributed by atoms with Crippen LogP contribution in [0.3, 0.4) is 0 Å². The molecule has 2 heterocycles. The second-order valence-corrected chi connectivity index (χ2v) is 9.38. The minimum Gasteiger partial charge on any atom is -0.342 e. The average Bonchev–Trinajstić information content (AvgIpc) is 3.11. The summed E-state index contributed by atoms with van der Waals surface area (Å²) in [5.41, 5.74) is 1.64. The summed E-state index contributed by atoms with van der Waals surface area (Å²) in [5, 5.41) is 3.44. The lowest BCUT2D eigenvalue weighted by Crippen LogP contribution is -2.48. The Bertz CT molecular complexity index is 1020. The Hall–Kier alpha value is -3.06. The van der Waals surface area contributed by atoms with Crippen LogP contribution in [0.1, 0.15) is 24.8 Å². The van der Waals surface area contributed by atoms with Crippen molar-refractivity contribution in [1.29, 1.82) is 0 Å². The highest BCUT2D eigenvalue weighted by molar-refractivity contribution is 6.30. The minimum atomic E-state index is -0.188. The molecule has 180 valence electrons. The number of halogens is 1. The zero-order valence-electron chi connectivity index (χ0n) is 19.3. The summed E-state index contributed by atoms with van der Waals surface area (Å²) in [7, 11) is 0. The Kier molecular flexibility index (Phi) is 8.06. The largest absolute Gasteiger partial charge is 0.342 e. The maximum atomic E-state index is 13.3. The standard InChI is InChI=1S/C26H31ClN4O3/c27-22-10-4-11-23(18-22)28-26(34)30-14-6-13-29(15-16-30)25(33)21-9-5-12-31(19-21)24(32)17-20-7-2-1-3-8-20/h1-4,7-8,10-11,18,21H,5-6,9,12-17,19H2,(H,28,34). The summed E-state index contributed by atoms with van der Waals surface area (Å²) in [5.74, 6) is -0.0157. The van der Waals surface area contributed by atoms with Gasteiger partial charge in [0.25, 0.3) is 0 Å². The number of likely N-dealkylation sites (tertiary alicyclic amines) is 1.